The minimum Gasteiger partial charge on any atom is -0.442 e. The lowest BCUT2D eigenvalue weighted by Crippen LogP contribution is -2.33. The summed E-state index contributed by atoms with van der Waals surface area (Å²) in [5.74, 6) is 1.51. The van der Waals surface area contributed by atoms with E-state index in [1.165, 1.54) is 0 Å². The van der Waals surface area contributed by atoms with E-state index in [4.69, 9.17) is 9.72 Å². The number of carbonyl (C=O) groups excluding carboxylic acids is 1. The first-order chi connectivity index (χ1) is 15.5. The van der Waals surface area contributed by atoms with Crippen LogP contribution in [-0.2, 0) is 4.79 Å². The molecule has 7 heteroatoms. The van der Waals surface area contributed by atoms with Crippen LogP contribution in [0.15, 0.2) is 72.4 Å². The number of ether oxygens (including phenoxy) is 1. The minimum atomic E-state index is -0.310. The van der Waals surface area contributed by atoms with Gasteiger partial charge in [-0.2, -0.15) is 0 Å². The summed E-state index contributed by atoms with van der Waals surface area (Å²) in [5.41, 5.74) is 3.62. The monoisotopic (exact) mass is 423 g/mol. The third-order valence-electron chi connectivity index (χ3n) is 6.09. The molecule has 4 aromatic rings. The molecule has 0 N–H and O–H groups in total. The topological polar surface area (TPSA) is 82.3 Å². The van der Waals surface area contributed by atoms with Crippen molar-refractivity contribution in [3.63, 3.8) is 0 Å². The summed E-state index contributed by atoms with van der Waals surface area (Å²) in [5, 5.41) is 4.59. The molecule has 0 amide bonds. The van der Waals surface area contributed by atoms with E-state index in [-0.39, 0.29) is 17.1 Å². The molecule has 1 aromatic carbocycles. The van der Waals surface area contributed by atoms with Crippen molar-refractivity contribution in [1.82, 2.24) is 24.6 Å². The van der Waals surface area contributed by atoms with E-state index in [2.05, 4.69) is 28.9 Å². The minimum absolute atomic E-state index is 0.113. The molecule has 0 bridgehead atoms. The zero-order valence-corrected chi connectivity index (χ0v) is 17.8. The predicted octanol–water partition coefficient (Wildman–Crippen LogP) is 4.35. The Balaban J connectivity index is 1.61. The summed E-state index contributed by atoms with van der Waals surface area (Å²) >= 11 is 0. The van der Waals surface area contributed by atoms with Gasteiger partial charge in [0, 0.05) is 30.5 Å². The maximum atomic E-state index is 13.4. The largest absolute Gasteiger partial charge is 0.442 e. The number of allylic oxidation sites excluding steroid dienone is 2. The zero-order chi connectivity index (χ0) is 21.9. The predicted molar refractivity (Wildman–Crippen MR) is 118 cm³/mol. The fourth-order valence-electron chi connectivity index (χ4n) is 4.73. The normalized spacial score (nSPS) is 19.4. The number of pyridine rings is 1. The molecule has 4 heterocycles. The van der Waals surface area contributed by atoms with E-state index in [1.807, 2.05) is 48.5 Å². The van der Waals surface area contributed by atoms with Gasteiger partial charge >= 0.3 is 0 Å². The first-order valence-corrected chi connectivity index (χ1v) is 10.7. The van der Waals surface area contributed by atoms with Crippen LogP contribution in [-0.4, -0.2) is 30.3 Å². The molecule has 0 radical (unpaired) electrons. The number of ketones is 1. The Labute approximate surface area is 184 Å². The third-order valence-corrected chi connectivity index (χ3v) is 6.09. The van der Waals surface area contributed by atoms with E-state index in [9.17, 15) is 4.79 Å². The second kappa shape index (κ2) is 6.82. The molecule has 0 saturated heterocycles. The molecule has 6 rings (SSSR count). The molecule has 1 aliphatic heterocycles. The summed E-state index contributed by atoms with van der Waals surface area (Å²) < 4.78 is 7.91. The lowest BCUT2D eigenvalue weighted by atomic mass is 9.70. The van der Waals surface area contributed by atoms with Crippen LogP contribution in [0.1, 0.15) is 43.7 Å². The number of rotatable bonds is 2. The van der Waals surface area contributed by atoms with Crippen molar-refractivity contribution in [3.8, 4) is 17.4 Å². The molecule has 1 unspecified atom stereocenters. The molecule has 0 spiro atoms. The lowest BCUT2D eigenvalue weighted by Gasteiger charge is -2.37. The van der Waals surface area contributed by atoms with Crippen molar-refractivity contribution in [1.29, 1.82) is 0 Å². The highest BCUT2D eigenvalue weighted by atomic mass is 16.5. The van der Waals surface area contributed by atoms with Crippen LogP contribution in [0.3, 0.4) is 0 Å². The number of benzene rings is 1. The molecular formula is C25H21N5O2. The van der Waals surface area contributed by atoms with Crippen molar-refractivity contribution < 1.29 is 9.53 Å². The molecule has 32 heavy (non-hydrogen) atoms. The van der Waals surface area contributed by atoms with Crippen molar-refractivity contribution >= 4 is 11.4 Å². The van der Waals surface area contributed by atoms with Gasteiger partial charge in [-0.1, -0.05) is 50.2 Å². The molecular weight excluding hydrogens is 402 g/mol. The highest BCUT2D eigenvalue weighted by Crippen LogP contribution is 2.50. The molecule has 7 nitrogen and oxygen atoms in total. The second-order valence-electron chi connectivity index (χ2n) is 9.11. The average molecular weight is 423 g/mol. The Bertz CT molecular complexity index is 1390. The fraction of sp³-hybridized carbons (Fsp3) is 0.240. The van der Waals surface area contributed by atoms with Crippen LogP contribution in [0.25, 0.3) is 17.2 Å². The average Bonchev–Trinajstić information content (AvgIpc) is 3.23. The Kier molecular flexibility index (Phi) is 4.02. The van der Waals surface area contributed by atoms with Crippen molar-refractivity contribution in [2.24, 2.45) is 5.41 Å². The second-order valence-corrected chi connectivity index (χ2v) is 9.11. The number of hydrogen-bond donors (Lipinski definition) is 0. The van der Waals surface area contributed by atoms with Gasteiger partial charge in [0.05, 0.1) is 5.56 Å². The van der Waals surface area contributed by atoms with Crippen LogP contribution in [0.2, 0.25) is 0 Å². The number of carbonyl (C=O) groups is 1. The first-order valence-electron chi connectivity index (χ1n) is 10.7. The summed E-state index contributed by atoms with van der Waals surface area (Å²) in [6.07, 6.45) is 4.49. The number of Topliss-reactive ketones (excluding diaryl/α,β-unsaturated/α-hetero) is 1. The van der Waals surface area contributed by atoms with E-state index >= 15 is 0 Å². The Hall–Kier alpha value is -3.87. The number of nitrogens with zero attached hydrogens (tertiary/aromatic N) is 5. The highest BCUT2D eigenvalue weighted by molar-refractivity contribution is 6.00. The lowest BCUT2D eigenvalue weighted by molar-refractivity contribution is -0.118. The quantitative estimate of drug-likeness (QED) is 0.477. The molecule has 1 aliphatic carbocycles. The van der Waals surface area contributed by atoms with E-state index in [0.717, 1.165) is 11.1 Å². The first kappa shape index (κ1) is 18.9. The van der Waals surface area contributed by atoms with Gasteiger partial charge in [0.25, 0.3) is 0 Å². The highest BCUT2D eigenvalue weighted by Gasteiger charge is 2.43. The molecule has 2 aliphatic rings. The number of fused-ring (bicyclic) bond motifs is 3. The summed E-state index contributed by atoms with van der Waals surface area (Å²) in [4.78, 5) is 27.1. The summed E-state index contributed by atoms with van der Waals surface area (Å²) in [6.45, 7) is 4.19. The molecule has 3 aromatic heterocycles. The van der Waals surface area contributed by atoms with E-state index in [0.29, 0.717) is 47.2 Å². The smallest absolute Gasteiger partial charge is 0.228 e. The Morgan fingerprint density at radius 3 is 2.62 bits per heavy atom. The van der Waals surface area contributed by atoms with Gasteiger partial charge in [-0.05, 0) is 23.1 Å². The van der Waals surface area contributed by atoms with Gasteiger partial charge in [0.15, 0.2) is 11.4 Å². The molecule has 0 saturated carbocycles. The van der Waals surface area contributed by atoms with Crippen LogP contribution >= 0.6 is 0 Å². The number of hydrogen-bond acceptors (Lipinski definition) is 6. The van der Waals surface area contributed by atoms with Crippen molar-refractivity contribution in [2.45, 2.75) is 32.6 Å². The van der Waals surface area contributed by atoms with E-state index in [1.54, 1.807) is 17.0 Å². The molecule has 158 valence electrons. The van der Waals surface area contributed by atoms with Crippen LogP contribution in [0, 0.1) is 5.41 Å². The molecule has 1 atom stereocenters. The zero-order valence-electron chi connectivity index (χ0n) is 17.8. The van der Waals surface area contributed by atoms with Crippen LogP contribution in [0.5, 0.6) is 5.88 Å². The molecule has 0 fully saturated rings. The van der Waals surface area contributed by atoms with Gasteiger partial charge in [0.1, 0.15) is 17.8 Å². The van der Waals surface area contributed by atoms with Crippen molar-refractivity contribution in [2.75, 3.05) is 0 Å². The van der Waals surface area contributed by atoms with Gasteiger partial charge in [0.2, 0.25) is 11.7 Å². The van der Waals surface area contributed by atoms with Gasteiger partial charge in [-0.25, -0.2) is 14.5 Å². The summed E-state index contributed by atoms with van der Waals surface area (Å²) in [6, 6.07) is 15.6. The maximum Gasteiger partial charge on any atom is 0.228 e. The van der Waals surface area contributed by atoms with E-state index < -0.39 is 0 Å². The SMILES string of the molecule is CC1(C)CC(=O)C2=C(C1)Oc1ncn3nc(-c4ccccn4)nc3c1C2c1ccccc1. The fourth-order valence-corrected chi connectivity index (χ4v) is 4.73. The van der Waals surface area contributed by atoms with Gasteiger partial charge < -0.3 is 4.74 Å². The standard InChI is InChI=1S/C25H21N5O2/c1-25(2)12-17(31)20-18(13-25)32-24-21(19(20)15-8-4-3-5-9-15)23-28-22(29-30(23)14-27-24)16-10-6-7-11-26-16/h3-11,14,19H,12-13H2,1-2H3. The maximum absolute atomic E-state index is 13.4. The van der Waals surface area contributed by atoms with Crippen LogP contribution < -0.4 is 4.74 Å². The number of aromatic nitrogens is 5. The van der Waals surface area contributed by atoms with Gasteiger partial charge in [-0.3, -0.25) is 9.78 Å². The third kappa shape index (κ3) is 2.92. The Morgan fingerprint density at radius 2 is 1.84 bits per heavy atom. The van der Waals surface area contributed by atoms with Gasteiger partial charge in [-0.15, -0.1) is 5.10 Å². The van der Waals surface area contributed by atoms with Crippen LogP contribution in [0.4, 0.5) is 0 Å². The van der Waals surface area contributed by atoms with Crippen molar-refractivity contribution in [3.05, 3.63) is 83.5 Å². The Morgan fingerprint density at radius 1 is 1.03 bits per heavy atom. The summed E-state index contributed by atoms with van der Waals surface area (Å²) in [7, 11) is 0.